The molecule has 0 spiro atoms. The van der Waals surface area contributed by atoms with E-state index in [2.05, 4.69) is 15.0 Å². The van der Waals surface area contributed by atoms with E-state index < -0.39 is 11.6 Å². The second-order valence-corrected chi connectivity index (χ2v) is 9.92. The van der Waals surface area contributed by atoms with Crippen LogP contribution in [0.2, 0.25) is 0 Å². The summed E-state index contributed by atoms with van der Waals surface area (Å²) in [5, 5.41) is 14.1. The Morgan fingerprint density at radius 3 is 2.58 bits per heavy atom. The van der Waals surface area contributed by atoms with Crippen molar-refractivity contribution in [1.82, 2.24) is 24.6 Å². The minimum atomic E-state index is -0.810. The Labute approximate surface area is 207 Å². The van der Waals surface area contributed by atoms with Crippen LogP contribution in [-0.4, -0.2) is 68.6 Å². The molecule has 1 N–H and O–H groups in total. The van der Waals surface area contributed by atoms with Crippen LogP contribution in [0.3, 0.4) is 0 Å². The van der Waals surface area contributed by atoms with Crippen molar-refractivity contribution in [2.75, 3.05) is 38.3 Å². The van der Waals surface area contributed by atoms with Gasteiger partial charge in [-0.2, -0.15) is 15.1 Å². The van der Waals surface area contributed by atoms with E-state index in [0.717, 1.165) is 57.0 Å². The van der Waals surface area contributed by atoms with Gasteiger partial charge in [0.25, 0.3) is 0 Å². The fourth-order valence-corrected chi connectivity index (χ4v) is 6.11. The second kappa shape index (κ2) is 9.11. The Kier molecular flexibility index (Phi) is 5.91. The van der Waals surface area contributed by atoms with Crippen LogP contribution < -0.4 is 14.4 Å². The van der Waals surface area contributed by atoms with E-state index in [1.807, 2.05) is 15.6 Å². The van der Waals surface area contributed by atoms with Crippen molar-refractivity contribution < 1.29 is 23.4 Å². The summed E-state index contributed by atoms with van der Waals surface area (Å²) in [7, 11) is 1.35. The van der Waals surface area contributed by atoms with Crippen LogP contribution in [0.5, 0.6) is 11.8 Å². The van der Waals surface area contributed by atoms with E-state index in [1.165, 1.54) is 7.11 Å². The van der Waals surface area contributed by atoms with Crippen molar-refractivity contribution in [1.29, 1.82) is 0 Å². The van der Waals surface area contributed by atoms with E-state index in [-0.39, 0.29) is 34.8 Å². The van der Waals surface area contributed by atoms with Crippen LogP contribution in [0.25, 0.3) is 10.9 Å². The maximum Gasteiger partial charge on any atom is 0.319 e. The average molecular weight is 501 g/mol. The molecule has 11 heteroatoms. The van der Waals surface area contributed by atoms with Gasteiger partial charge in [0.1, 0.15) is 17.9 Å². The number of aryl methyl sites for hydroxylation is 1. The van der Waals surface area contributed by atoms with Gasteiger partial charge in [0.05, 0.1) is 42.6 Å². The molecule has 3 aromatic rings. The van der Waals surface area contributed by atoms with Gasteiger partial charge in [-0.3, -0.25) is 9.58 Å². The molecule has 3 aliphatic heterocycles. The Balaban J connectivity index is 1.43. The fourth-order valence-electron chi connectivity index (χ4n) is 6.11. The summed E-state index contributed by atoms with van der Waals surface area (Å²) in [4.78, 5) is 13.5. The van der Waals surface area contributed by atoms with Gasteiger partial charge in [-0.05, 0) is 51.3 Å². The van der Waals surface area contributed by atoms with Gasteiger partial charge in [-0.15, -0.1) is 0 Å². The van der Waals surface area contributed by atoms with Crippen molar-refractivity contribution in [3.05, 3.63) is 35.2 Å². The highest BCUT2D eigenvalue weighted by atomic mass is 19.1. The summed E-state index contributed by atoms with van der Waals surface area (Å²) in [5.41, 5.74) is 1.41. The summed E-state index contributed by atoms with van der Waals surface area (Å²) >= 11 is 0. The third-order valence-corrected chi connectivity index (χ3v) is 7.80. The molecule has 192 valence electrons. The van der Waals surface area contributed by atoms with Crippen LogP contribution in [-0.2, 0) is 19.7 Å². The topological polar surface area (TPSA) is 88.8 Å². The molecule has 36 heavy (non-hydrogen) atoms. The van der Waals surface area contributed by atoms with Gasteiger partial charge in [-0.1, -0.05) is 0 Å². The highest BCUT2D eigenvalue weighted by Gasteiger charge is 2.45. The van der Waals surface area contributed by atoms with Crippen molar-refractivity contribution >= 4 is 16.7 Å². The lowest BCUT2D eigenvalue weighted by Gasteiger charge is -2.31. The van der Waals surface area contributed by atoms with Gasteiger partial charge >= 0.3 is 6.01 Å². The maximum absolute atomic E-state index is 15.1. The summed E-state index contributed by atoms with van der Waals surface area (Å²) < 4.78 is 43.3. The van der Waals surface area contributed by atoms with Gasteiger partial charge in [0.2, 0.25) is 0 Å². The van der Waals surface area contributed by atoms with Crippen molar-refractivity contribution in [3.63, 3.8) is 0 Å². The molecule has 9 nitrogen and oxygen atoms in total. The number of aromatic nitrogens is 4. The molecule has 2 fully saturated rings. The zero-order chi connectivity index (χ0) is 24.9. The third-order valence-electron chi connectivity index (χ3n) is 7.80. The van der Waals surface area contributed by atoms with Crippen LogP contribution in [0.1, 0.15) is 43.5 Å². The van der Waals surface area contributed by atoms with Crippen molar-refractivity contribution in [2.24, 2.45) is 0 Å². The Morgan fingerprint density at radius 1 is 1.03 bits per heavy atom. The number of benzene rings is 1. The van der Waals surface area contributed by atoms with Crippen LogP contribution >= 0.6 is 0 Å². The molecule has 3 aliphatic rings. The molecule has 0 bridgehead atoms. The molecular formula is C25H30F2N6O3. The first kappa shape index (κ1) is 23.4. The van der Waals surface area contributed by atoms with Crippen LogP contribution in [0, 0.1) is 11.6 Å². The molecule has 0 aliphatic carbocycles. The number of fused-ring (bicyclic) bond motifs is 3. The smallest absolute Gasteiger partial charge is 0.319 e. The van der Waals surface area contributed by atoms with Crippen molar-refractivity contribution in [3.8, 4) is 11.8 Å². The Hall–Kier alpha value is -3.05. The van der Waals surface area contributed by atoms with E-state index in [0.29, 0.717) is 37.8 Å². The first-order valence-electron chi connectivity index (χ1n) is 12.5. The number of halogens is 2. The molecule has 6 rings (SSSR count). The number of aliphatic hydroxyl groups excluding tert-OH is 1. The number of rotatable bonds is 6. The van der Waals surface area contributed by atoms with E-state index in [1.54, 1.807) is 0 Å². The standard InChI is InChI=1S/C25H30F2N6O3/c1-35-22-19(27)12-18(26)21-20(22)23(31-7-4-10-33-17(13-31)11-16(14-34)30-33)29-24(28-21)36-15-25-5-2-8-32(25)9-3-6-25/h11-12,34H,2-10,13-15H2,1H3. The first-order chi connectivity index (χ1) is 17.5. The molecule has 0 saturated carbocycles. The number of ether oxygens (including phenoxy) is 2. The summed E-state index contributed by atoms with van der Waals surface area (Å²) in [6, 6.07) is 2.71. The fraction of sp³-hybridized carbons (Fsp3) is 0.560. The quantitative estimate of drug-likeness (QED) is 0.553. The monoisotopic (exact) mass is 500 g/mol. The predicted octanol–water partition coefficient (Wildman–Crippen LogP) is 3.02. The highest BCUT2D eigenvalue weighted by molar-refractivity contribution is 5.96. The summed E-state index contributed by atoms with van der Waals surface area (Å²) in [6.07, 6.45) is 5.12. The Bertz CT molecular complexity index is 1290. The number of methoxy groups -OCH3 is 1. The molecule has 0 unspecified atom stereocenters. The van der Waals surface area contributed by atoms with E-state index in [9.17, 15) is 9.50 Å². The normalized spacial score (nSPS) is 19.4. The van der Waals surface area contributed by atoms with Gasteiger partial charge < -0.3 is 19.5 Å². The molecule has 0 amide bonds. The van der Waals surface area contributed by atoms with Gasteiger partial charge in [0.15, 0.2) is 17.4 Å². The second-order valence-electron chi connectivity index (χ2n) is 9.92. The minimum absolute atomic E-state index is 0.0205. The van der Waals surface area contributed by atoms with Gasteiger partial charge in [-0.25, -0.2) is 8.78 Å². The van der Waals surface area contributed by atoms with Crippen LogP contribution in [0.4, 0.5) is 14.6 Å². The molecule has 0 atom stereocenters. The molecule has 2 saturated heterocycles. The molecule has 5 heterocycles. The largest absolute Gasteiger partial charge is 0.493 e. The Morgan fingerprint density at radius 2 is 1.83 bits per heavy atom. The lowest BCUT2D eigenvalue weighted by atomic mass is 9.95. The number of nitrogens with zero attached hydrogens (tertiary/aromatic N) is 6. The number of hydrogen-bond donors (Lipinski definition) is 1. The molecule has 1 aromatic carbocycles. The summed E-state index contributed by atoms with van der Waals surface area (Å²) in [6.45, 7) is 4.06. The van der Waals surface area contributed by atoms with E-state index in [4.69, 9.17) is 14.5 Å². The first-order valence-corrected chi connectivity index (χ1v) is 12.5. The molecule has 2 aromatic heterocycles. The zero-order valence-corrected chi connectivity index (χ0v) is 20.3. The van der Waals surface area contributed by atoms with Crippen LogP contribution in [0.15, 0.2) is 12.1 Å². The number of hydrogen-bond acceptors (Lipinski definition) is 8. The molecular weight excluding hydrogens is 470 g/mol. The minimum Gasteiger partial charge on any atom is -0.493 e. The zero-order valence-electron chi connectivity index (χ0n) is 20.3. The lowest BCUT2D eigenvalue weighted by molar-refractivity contribution is 0.108. The average Bonchev–Trinajstić information content (AvgIpc) is 3.53. The molecule has 0 radical (unpaired) electrons. The SMILES string of the molecule is COc1c(F)cc(F)c2nc(OCC34CCCN3CCC4)nc(N3CCCn4nc(CO)cc4C3)c12. The number of aliphatic hydroxyl groups is 1. The third kappa shape index (κ3) is 3.85. The summed E-state index contributed by atoms with van der Waals surface area (Å²) in [5.74, 6) is -1.34. The maximum atomic E-state index is 15.1. The van der Waals surface area contributed by atoms with Gasteiger partial charge in [0, 0.05) is 19.2 Å². The predicted molar refractivity (Wildman–Crippen MR) is 128 cm³/mol. The van der Waals surface area contributed by atoms with Crippen molar-refractivity contribution in [2.45, 2.75) is 57.3 Å². The lowest BCUT2D eigenvalue weighted by Crippen LogP contribution is -2.43. The number of anilines is 1. The highest BCUT2D eigenvalue weighted by Crippen LogP contribution is 2.41. The van der Waals surface area contributed by atoms with E-state index >= 15 is 4.39 Å².